The van der Waals surface area contributed by atoms with Gasteiger partial charge >= 0.3 is 0 Å². The molecule has 0 saturated heterocycles. The topological polar surface area (TPSA) is 74.2 Å². The lowest BCUT2D eigenvalue weighted by Gasteiger charge is -2.05. The highest BCUT2D eigenvalue weighted by Crippen LogP contribution is 2.22. The Kier molecular flexibility index (Phi) is 4.52. The first-order chi connectivity index (χ1) is 9.20. The molecule has 1 atom stereocenters. The normalized spacial score (nSPS) is 12.4. The minimum absolute atomic E-state index is 0.252. The lowest BCUT2D eigenvalue weighted by atomic mass is 10.2. The van der Waals surface area contributed by atoms with Crippen LogP contribution >= 0.6 is 0 Å². The van der Waals surface area contributed by atoms with E-state index in [1.807, 2.05) is 31.2 Å². The fourth-order valence-electron chi connectivity index (χ4n) is 1.56. The van der Waals surface area contributed by atoms with Gasteiger partial charge in [-0.05, 0) is 37.6 Å². The van der Waals surface area contributed by atoms with Crippen LogP contribution in [0.25, 0.3) is 11.5 Å². The molecule has 102 valence electrons. The smallest absolute Gasteiger partial charge is 0.247 e. The number of rotatable bonds is 6. The van der Waals surface area contributed by atoms with E-state index in [0.29, 0.717) is 11.8 Å². The summed E-state index contributed by atoms with van der Waals surface area (Å²) in [6.45, 7) is 4.69. The van der Waals surface area contributed by atoms with E-state index >= 15 is 0 Å². The van der Waals surface area contributed by atoms with Gasteiger partial charge in [0.15, 0.2) is 0 Å². The fraction of sp³-hybridized carbons (Fsp3) is 0.429. The average Bonchev–Trinajstić information content (AvgIpc) is 2.90. The Hall–Kier alpha value is -1.88. The number of benzene rings is 1. The van der Waals surface area contributed by atoms with Crippen LogP contribution in [0.2, 0.25) is 0 Å². The summed E-state index contributed by atoms with van der Waals surface area (Å²) in [7, 11) is 0. The number of nitrogens with zero attached hydrogens (tertiary/aromatic N) is 2. The number of hydrogen-bond acceptors (Lipinski definition) is 5. The van der Waals surface area contributed by atoms with Crippen LogP contribution in [0.4, 0.5) is 0 Å². The van der Waals surface area contributed by atoms with E-state index < -0.39 is 0 Å². The second-order valence-electron chi connectivity index (χ2n) is 4.46. The molecule has 2 aromatic rings. The molecule has 0 aliphatic carbocycles. The monoisotopic (exact) mass is 261 g/mol. The third kappa shape index (κ3) is 3.54. The summed E-state index contributed by atoms with van der Waals surface area (Å²) in [5, 5.41) is 7.88. The van der Waals surface area contributed by atoms with Gasteiger partial charge < -0.3 is 14.9 Å². The predicted octanol–water partition coefficient (Wildman–Crippen LogP) is 2.94. The molecule has 0 saturated carbocycles. The van der Waals surface area contributed by atoms with Crippen molar-refractivity contribution in [2.24, 2.45) is 5.73 Å². The molecule has 1 unspecified atom stereocenters. The number of nitrogens with two attached hydrogens (primary N) is 1. The van der Waals surface area contributed by atoms with Gasteiger partial charge in [-0.25, -0.2) is 0 Å². The summed E-state index contributed by atoms with van der Waals surface area (Å²) in [4.78, 5) is 0. The van der Waals surface area contributed by atoms with Crippen molar-refractivity contribution in [1.82, 2.24) is 10.2 Å². The molecule has 0 radical (unpaired) electrons. The highest BCUT2D eigenvalue weighted by atomic mass is 16.5. The molecule has 0 aliphatic heterocycles. The molecule has 1 heterocycles. The standard InChI is InChI=1S/C14H19N3O2/c1-3-4-9-18-12-7-5-11(6-8-12)14-17-16-13(19-14)10(2)15/h5-8,10H,3-4,9,15H2,1-2H3. The molecule has 0 fully saturated rings. The van der Waals surface area contributed by atoms with Crippen LogP contribution in [0.5, 0.6) is 5.75 Å². The third-order valence-corrected chi connectivity index (χ3v) is 2.70. The maximum atomic E-state index is 5.68. The summed E-state index contributed by atoms with van der Waals surface area (Å²) >= 11 is 0. The quantitative estimate of drug-likeness (QED) is 0.809. The number of ether oxygens (including phenoxy) is 1. The van der Waals surface area contributed by atoms with Crippen molar-refractivity contribution >= 4 is 0 Å². The van der Waals surface area contributed by atoms with Crippen LogP contribution in [0.1, 0.15) is 38.6 Å². The third-order valence-electron chi connectivity index (χ3n) is 2.70. The molecule has 1 aromatic carbocycles. The van der Waals surface area contributed by atoms with E-state index in [0.717, 1.165) is 30.8 Å². The molecule has 0 amide bonds. The number of aromatic nitrogens is 2. The average molecular weight is 261 g/mol. The molecule has 0 spiro atoms. The molecule has 2 N–H and O–H groups in total. The molecule has 0 bridgehead atoms. The van der Waals surface area contributed by atoms with Crippen LogP contribution in [-0.2, 0) is 0 Å². The highest BCUT2D eigenvalue weighted by molar-refractivity contribution is 5.53. The first-order valence-electron chi connectivity index (χ1n) is 6.53. The van der Waals surface area contributed by atoms with Gasteiger partial charge in [0.2, 0.25) is 11.8 Å². The zero-order valence-electron chi connectivity index (χ0n) is 11.3. The molecule has 5 nitrogen and oxygen atoms in total. The van der Waals surface area contributed by atoms with Gasteiger partial charge in [0, 0.05) is 5.56 Å². The molecule has 0 aliphatic rings. The lowest BCUT2D eigenvalue weighted by Crippen LogP contribution is -2.04. The molecular weight excluding hydrogens is 242 g/mol. The largest absolute Gasteiger partial charge is 0.494 e. The Morgan fingerprint density at radius 2 is 2.00 bits per heavy atom. The second-order valence-corrected chi connectivity index (χ2v) is 4.46. The van der Waals surface area contributed by atoms with Gasteiger partial charge in [-0.1, -0.05) is 13.3 Å². The van der Waals surface area contributed by atoms with Crippen molar-refractivity contribution in [1.29, 1.82) is 0 Å². The number of hydrogen-bond donors (Lipinski definition) is 1. The summed E-state index contributed by atoms with van der Waals surface area (Å²) in [6.07, 6.45) is 2.18. The Balaban J connectivity index is 2.04. The first-order valence-corrected chi connectivity index (χ1v) is 6.53. The maximum absolute atomic E-state index is 5.68. The van der Waals surface area contributed by atoms with E-state index in [-0.39, 0.29) is 6.04 Å². The van der Waals surface area contributed by atoms with Crippen molar-refractivity contribution in [3.05, 3.63) is 30.2 Å². The zero-order valence-corrected chi connectivity index (χ0v) is 11.3. The summed E-state index contributed by atoms with van der Waals surface area (Å²) < 4.78 is 11.1. The van der Waals surface area contributed by atoms with Crippen LogP contribution in [-0.4, -0.2) is 16.8 Å². The SMILES string of the molecule is CCCCOc1ccc(-c2nnc(C(C)N)o2)cc1. The molecular formula is C14H19N3O2. The minimum Gasteiger partial charge on any atom is -0.494 e. The second kappa shape index (κ2) is 6.33. The molecule has 5 heteroatoms. The van der Waals surface area contributed by atoms with Crippen molar-refractivity contribution in [2.75, 3.05) is 6.61 Å². The summed E-state index contributed by atoms with van der Waals surface area (Å²) in [5.41, 5.74) is 6.54. The van der Waals surface area contributed by atoms with Gasteiger partial charge in [-0.3, -0.25) is 0 Å². The van der Waals surface area contributed by atoms with Crippen LogP contribution in [0.3, 0.4) is 0 Å². The van der Waals surface area contributed by atoms with Crippen molar-refractivity contribution in [3.63, 3.8) is 0 Å². The van der Waals surface area contributed by atoms with Crippen LogP contribution in [0.15, 0.2) is 28.7 Å². The highest BCUT2D eigenvalue weighted by Gasteiger charge is 2.11. The van der Waals surface area contributed by atoms with Gasteiger partial charge in [0.25, 0.3) is 0 Å². The van der Waals surface area contributed by atoms with Gasteiger partial charge in [0.1, 0.15) is 5.75 Å². The van der Waals surface area contributed by atoms with E-state index in [1.54, 1.807) is 0 Å². The van der Waals surface area contributed by atoms with Gasteiger partial charge in [-0.2, -0.15) is 0 Å². The Labute approximate surface area is 112 Å². The van der Waals surface area contributed by atoms with Crippen molar-refractivity contribution in [3.8, 4) is 17.2 Å². The van der Waals surface area contributed by atoms with E-state index in [1.165, 1.54) is 0 Å². The number of unbranched alkanes of at least 4 members (excludes halogenated alkanes) is 1. The molecule has 2 rings (SSSR count). The van der Waals surface area contributed by atoms with E-state index in [4.69, 9.17) is 14.9 Å². The van der Waals surface area contributed by atoms with Crippen molar-refractivity contribution < 1.29 is 9.15 Å². The first kappa shape index (κ1) is 13.5. The van der Waals surface area contributed by atoms with Gasteiger partial charge in [0.05, 0.1) is 12.6 Å². The lowest BCUT2D eigenvalue weighted by molar-refractivity contribution is 0.309. The van der Waals surface area contributed by atoms with E-state index in [2.05, 4.69) is 17.1 Å². The zero-order chi connectivity index (χ0) is 13.7. The summed E-state index contributed by atoms with van der Waals surface area (Å²) in [6, 6.07) is 7.36. The summed E-state index contributed by atoms with van der Waals surface area (Å²) in [5.74, 6) is 1.77. The fourth-order valence-corrected chi connectivity index (χ4v) is 1.56. The molecule has 1 aromatic heterocycles. The van der Waals surface area contributed by atoms with Crippen LogP contribution in [0, 0.1) is 0 Å². The van der Waals surface area contributed by atoms with Gasteiger partial charge in [-0.15, -0.1) is 10.2 Å². The van der Waals surface area contributed by atoms with Crippen molar-refractivity contribution in [2.45, 2.75) is 32.7 Å². The Morgan fingerprint density at radius 3 is 2.58 bits per heavy atom. The van der Waals surface area contributed by atoms with Crippen LogP contribution < -0.4 is 10.5 Å². The minimum atomic E-state index is -0.252. The molecule has 19 heavy (non-hydrogen) atoms. The van der Waals surface area contributed by atoms with E-state index in [9.17, 15) is 0 Å². The Bertz CT molecular complexity index is 506. The Morgan fingerprint density at radius 1 is 1.26 bits per heavy atom. The predicted molar refractivity (Wildman–Crippen MR) is 72.7 cm³/mol. The maximum Gasteiger partial charge on any atom is 0.247 e.